The Labute approximate surface area is 70.4 Å². The Kier molecular flexibility index (Phi) is 1.55. The second-order valence-electron chi connectivity index (χ2n) is 2.41. The van der Waals surface area contributed by atoms with Crippen LogP contribution in [0.4, 0.5) is 0 Å². The van der Waals surface area contributed by atoms with Gasteiger partial charge in [-0.1, -0.05) is 35.9 Å². The molecule has 0 saturated carbocycles. The van der Waals surface area contributed by atoms with E-state index in [1.54, 1.807) is 6.07 Å². The van der Waals surface area contributed by atoms with E-state index in [0.29, 0.717) is 0 Å². The largest absolute Gasteiger partial charge is 0.0843 e. The maximum absolute atomic E-state index is 5.79. The first-order valence-electron chi connectivity index (χ1n) is 3.42. The third-order valence-electron chi connectivity index (χ3n) is 1.62. The summed E-state index contributed by atoms with van der Waals surface area (Å²) in [6.07, 6.45) is 0. The van der Waals surface area contributed by atoms with Gasteiger partial charge in [0.2, 0.25) is 0 Å². The molecule has 0 N–H and O–H groups in total. The molecule has 0 bridgehead atoms. The van der Waals surface area contributed by atoms with E-state index in [9.17, 15) is 0 Å². The quantitative estimate of drug-likeness (QED) is 0.556. The molecular weight excluding hydrogens is 156 g/mol. The zero-order valence-corrected chi connectivity index (χ0v) is 6.60. The number of benzene rings is 2. The molecule has 2 aromatic carbocycles. The molecule has 0 nitrogen and oxygen atoms in total. The average molecular weight is 162 g/mol. The first-order valence-corrected chi connectivity index (χ1v) is 3.80. The lowest BCUT2D eigenvalue weighted by Gasteiger charge is -1.94. The standard InChI is InChI=1S/C10H6Cl/c11-10-6-5-8-3-1-2-4-9(8)7-10/h1-4,6-7H. The van der Waals surface area contributed by atoms with Crippen LogP contribution in [-0.4, -0.2) is 0 Å². The van der Waals surface area contributed by atoms with Crippen molar-refractivity contribution in [2.75, 3.05) is 0 Å². The molecule has 1 heteroatoms. The number of rotatable bonds is 0. The number of halogens is 1. The highest BCUT2D eigenvalue weighted by molar-refractivity contribution is 6.31. The zero-order valence-electron chi connectivity index (χ0n) is 5.84. The summed E-state index contributed by atoms with van der Waals surface area (Å²) in [4.78, 5) is 0. The molecule has 0 aliphatic heterocycles. The van der Waals surface area contributed by atoms with Crippen LogP contribution in [-0.2, 0) is 0 Å². The minimum Gasteiger partial charge on any atom is -0.0843 e. The molecule has 11 heavy (non-hydrogen) atoms. The Morgan fingerprint density at radius 3 is 2.91 bits per heavy atom. The van der Waals surface area contributed by atoms with Crippen molar-refractivity contribution in [1.29, 1.82) is 0 Å². The van der Waals surface area contributed by atoms with Gasteiger partial charge in [0.15, 0.2) is 0 Å². The van der Waals surface area contributed by atoms with Gasteiger partial charge in [-0.15, -0.1) is 0 Å². The van der Waals surface area contributed by atoms with Crippen molar-refractivity contribution >= 4 is 22.4 Å². The fraction of sp³-hybridized carbons (Fsp3) is 0. The number of hydrogen-bond donors (Lipinski definition) is 0. The maximum atomic E-state index is 5.79. The molecule has 53 valence electrons. The summed E-state index contributed by atoms with van der Waals surface area (Å²) in [5.74, 6) is 0. The average Bonchev–Trinajstić information content (AvgIpc) is 2.04. The summed E-state index contributed by atoms with van der Waals surface area (Å²) >= 11 is 5.79. The molecule has 0 fully saturated rings. The van der Waals surface area contributed by atoms with Crippen molar-refractivity contribution in [3.05, 3.63) is 47.5 Å². The number of fused-ring (bicyclic) bond motifs is 1. The Hall–Kier alpha value is -1.01. The van der Waals surface area contributed by atoms with Gasteiger partial charge >= 0.3 is 0 Å². The highest BCUT2D eigenvalue weighted by atomic mass is 35.5. The summed E-state index contributed by atoms with van der Waals surface area (Å²) in [6.45, 7) is 0. The van der Waals surface area contributed by atoms with Crippen molar-refractivity contribution in [3.8, 4) is 0 Å². The molecule has 0 atom stereocenters. The van der Waals surface area contributed by atoms with Crippen LogP contribution in [0.1, 0.15) is 0 Å². The van der Waals surface area contributed by atoms with Crippen LogP contribution in [0.15, 0.2) is 36.4 Å². The molecule has 0 aliphatic carbocycles. The van der Waals surface area contributed by atoms with Crippen LogP contribution in [0.5, 0.6) is 0 Å². The van der Waals surface area contributed by atoms with Crippen LogP contribution < -0.4 is 0 Å². The molecule has 1 radical (unpaired) electrons. The minimum absolute atomic E-state index is 0.740. The Bertz CT molecular complexity index is 379. The predicted octanol–water partition coefficient (Wildman–Crippen LogP) is 3.29. The van der Waals surface area contributed by atoms with E-state index in [0.717, 1.165) is 15.8 Å². The second-order valence-corrected chi connectivity index (χ2v) is 2.84. The van der Waals surface area contributed by atoms with Gasteiger partial charge in [-0.2, -0.15) is 0 Å². The topological polar surface area (TPSA) is 0 Å². The second kappa shape index (κ2) is 2.55. The van der Waals surface area contributed by atoms with Gasteiger partial charge in [-0.25, -0.2) is 0 Å². The van der Waals surface area contributed by atoms with Crippen LogP contribution in [0.25, 0.3) is 10.8 Å². The fourth-order valence-corrected chi connectivity index (χ4v) is 1.26. The van der Waals surface area contributed by atoms with Gasteiger partial charge in [0.1, 0.15) is 0 Å². The summed E-state index contributed by atoms with van der Waals surface area (Å²) in [7, 11) is 0. The Balaban J connectivity index is 2.83. The summed E-state index contributed by atoms with van der Waals surface area (Å²) in [5, 5.41) is 2.99. The van der Waals surface area contributed by atoms with Crippen molar-refractivity contribution in [2.24, 2.45) is 0 Å². The van der Waals surface area contributed by atoms with Gasteiger partial charge in [0.25, 0.3) is 0 Å². The third kappa shape index (κ3) is 1.22. The lowest BCUT2D eigenvalue weighted by atomic mass is 10.1. The van der Waals surface area contributed by atoms with Crippen LogP contribution in [0.3, 0.4) is 0 Å². The van der Waals surface area contributed by atoms with Crippen molar-refractivity contribution in [2.45, 2.75) is 0 Å². The molecule has 0 amide bonds. The van der Waals surface area contributed by atoms with Crippen LogP contribution in [0.2, 0.25) is 5.02 Å². The van der Waals surface area contributed by atoms with E-state index < -0.39 is 0 Å². The SMILES string of the molecule is Clc1c[c]c2ccccc2c1. The summed E-state index contributed by atoms with van der Waals surface area (Å²) in [5.41, 5.74) is 0. The van der Waals surface area contributed by atoms with E-state index in [1.165, 1.54) is 0 Å². The van der Waals surface area contributed by atoms with Gasteiger partial charge < -0.3 is 0 Å². The van der Waals surface area contributed by atoms with E-state index in [4.69, 9.17) is 11.6 Å². The minimum atomic E-state index is 0.740. The number of hydrogen-bond acceptors (Lipinski definition) is 0. The summed E-state index contributed by atoms with van der Waals surface area (Å²) < 4.78 is 0. The monoisotopic (exact) mass is 161 g/mol. The molecule has 0 spiro atoms. The lowest BCUT2D eigenvalue weighted by Crippen LogP contribution is -1.70. The van der Waals surface area contributed by atoms with E-state index in [-0.39, 0.29) is 0 Å². The van der Waals surface area contributed by atoms with Crippen LogP contribution >= 0.6 is 11.6 Å². The molecular formula is C10H6Cl. The zero-order chi connectivity index (χ0) is 7.68. The molecule has 0 heterocycles. The molecule has 0 aromatic heterocycles. The van der Waals surface area contributed by atoms with Crippen molar-refractivity contribution in [3.63, 3.8) is 0 Å². The Morgan fingerprint density at radius 1 is 1.18 bits per heavy atom. The van der Waals surface area contributed by atoms with Gasteiger partial charge in [0, 0.05) is 5.02 Å². The lowest BCUT2D eigenvalue weighted by molar-refractivity contribution is 1.74. The van der Waals surface area contributed by atoms with Crippen molar-refractivity contribution < 1.29 is 0 Å². The Morgan fingerprint density at radius 2 is 2.00 bits per heavy atom. The van der Waals surface area contributed by atoms with E-state index in [2.05, 4.69) is 6.07 Å². The normalized spacial score (nSPS) is 10.3. The molecule has 0 saturated heterocycles. The fourth-order valence-electron chi connectivity index (χ4n) is 1.09. The summed E-state index contributed by atoms with van der Waals surface area (Å²) in [6, 6.07) is 14.8. The van der Waals surface area contributed by atoms with E-state index >= 15 is 0 Å². The van der Waals surface area contributed by atoms with Gasteiger partial charge in [0.05, 0.1) is 0 Å². The molecule has 0 unspecified atom stereocenters. The molecule has 2 aromatic rings. The smallest absolute Gasteiger partial charge is 0.0418 e. The van der Waals surface area contributed by atoms with Gasteiger partial charge in [-0.05, 0) is 29.0 Å². The maximum Gasteiger partial charge on any atom is 0.0418 e. The third-order valence-corrected chi connectivity index (χ3v) is 1.84. The molecule has 2 rings (SSSR count). The highest BCUT2D eigenvalue weighted by Gasteiger charge is 1.91. The first kappa shape index (κ1) is 6.68. The predicted molar refractivity (Wildman–Crippen MR) is 47.8 cm³/mol. The first-order chi connectivity index (χ1) is 5.36. The molecule has 0 aliphatic rings. The van der Waals surface area contributed by atoms with Gasteiger partial charge in [-0.3, -0.25) is 0 Å². The van der Waals surface area contributed by atoms with E-state index in [1.807, 2.05) is 30.3 Å². The van der Waals surface area contributed by atoms with Crippen LogP contribution in [0, 0.1) is 6.07 Å². The van der Waals surface area contributed by atoms with Crippen molar-refractivity contribution in [1.82, 2.24) is 0 Å². The highest BCUT2D eigenvalue weighted by Crippen LogP contribution is 2.17.